The fraction of sp³-hybridized carbons (Fsp3) is 0.611. The molecule has 122 valence electrons. The number of carbonyl (C=O) groups excluding carboxylic acids is 1. The third-order valence-corrected chi connectivity index (χ3v) is 5.32. The number of hydrogen-bond acceptors (Lipinski definition) is 2. The van der Waals surface area contributed by atoms with Crippen molar-refractivity contribution < 1.29 is 9.53 Å². The molecule has 1 aliphatic carbocycles. The minimum atomic E-state index is 0.00237. The molecule has 1 saturated carbocycles. The highest BCUT2D eigenvalue weighted by Gasteiger charge is 2.30. The fourth-order valence-corrected chi connectivity index (χ4v) is 3.72. The SMILES string of the molecule is COc1ccc(C(=O)NC2CCC(C(C)(C)C)CC2)cc1Br. The quantitative estimate of drug-likeness (QED) is 0.833. The number of amides is 1. The maximum Gasteiger partial charge on any atom is 0.251 e. The summed E-state index contributed by atoms with van der Waals surface area (Å²) in [6, 6.07) is 5.73. The molecule has 1 aromatic rings. The predicted molar refractivity (Wildman–Crippen MR) is 93.4 cm³/mol. The maximum atomic E-state index is 12.4. The van der Waals surface area contributed by atoms with Gasteiger partial charge in [-0.2, -0.15) is 0 Å². The van der Waals surface area contributed by atoms with Crippen LogP contribution in [0.25, 0.3) is 0 Å². The zero-order valence-electron chi connectivity index (χ0n) is 13.9. The van der Waals surface area contributed by atoms with Gasteiger partial charge in [-0.1, -0.05) is 20.8 Å². The number of rotatable bonds is 3. The van der Waals surface area contributed by atoms with Gasteiger partial charge in [0.1, 0.15) is 5.75 Å². The van der Waals surface area contributed by atoms with Crippen LogP contribution in [0.2, 0.25) is 0 Å². The Labute approximate surface area is 141 Å². The molecule has 0 radical (unpaired) electrons. The van der Waals surface area contributed by atoms with Crippen LogP contribution < -0.4 is 10.1 Å². The summed E-state index contributed by atoms with van der Waals surface area (Å²) in [4.78, 5) is 12.4. The Kier molecular flexibility index (Phi) is 5.54. The van der Waals surface area contributed by atoms with Gasteiger partial charge in [-0.25, -0.2) is 0 Å². The zero-order valence-corrected chi connectivity index (χ0v) is 15.5. The first-order valence-electron chi connectivity index (χ1n) is 7.95. The van der Waals surface area contributed by atoms with E-state index in [4.69, 9.17) is 4.74 Å². The number of ether oxygens (including phenoxy) is 1. The van der Waals surface area contributed by atoms with Crippen molar-refractivity contribution in [1.29, 1.82) is 0 Å². The minimum absolute atomic E-state index is 0.00237. The Morgan fingerprint density at radius 2 is 1.86 bits per heavy atom. The van der Waals surface area contributed by atoms with Crippen LogP contribution in [0.15, 0.2) is 22.7 Å². The van der Waals surface area contributed by atoms with Crippen molar-refractivity contribution in [1.82, 2.24) is 5.32 Å². The van der Waals surface area contributed by atoms with E-state index >= 15 is 0 Å². The molecule has 22 heavy (non-hydrogen) atoms. The second kappa shape index (κ2) is 7.03. The minimum Gasteiger partial charge on any atom is -0.496 e. The average Bonchev–Trinajstić information content (AvgIpc) is 2.46. The number of nitrogens with one attached hydrogen (secondary N) is 1. The van der Waals surface area contributed by atoms with Crippen LogP contribution in [0.1, 0.15) is 56.8 Å². The van der Waals surface area contributed by atoms with E-state index in [1.165, 1.54) is 12.8 Å². The van der Waals surface area contributed by atoms with Crippen molar-refractivity contribution >= 4 is 21.8 Å². The molecular formula is C18H26BrNO2. The van der Waals surface area contributed by atoms with Gasteiger partial charge in [0.15, 0.2) is 0 Å². The normalized spacial score (nSPS) is 22.2. The molecule has 1 N–H and O–H groups in total. The van der Waals surface area contributed by atoms with Crippen molar-refractivity contribution in [3.63, 3.8) is 0 Å². The molecule has 0 spiro atoms. The van der Waals surface area contributed by atoms with Crippen molar-refractivity contribution in [3.8, 4) is 5.75 Å². The number of methoxy groups -OCH3 is 1. The topological polar surface area (TPSA) is 38.3 Å². The standard InChI is InChI=1S/C18H26BrNO2/c1-18(2,3)13-6-8-14(9-7-13)20-17(21)12-5-10-16(22-4)15(19)11-12/h5,10-11,13-14H,6-9H2,1-4H3,(H,20,21). The second-order valence-electron chi connectivity index (χ2n) is 7.24. The number of hydrogen-bond donors (Lipinski definition) is 1. The third-order valence-electron chi connectivity index (χ3n) is 4.70. The van der Waals surface area contributed by atoms with E-state index in [1.807, 2.05) is 12.1 Å². The molecule has 0 aliphatic heterocycles. The van der Waals surface area contributed by atoms with Gasteiger partial charge in [-0.3, -0.25) is 4.79 Å². The van der Waals surface area contributed by atoms with E-state index in [0.717, 1.165) is 29.0 Å². The molecule has 0 bridgehead atoms. The van der Waals surface area contributed by atoms with Crippen LogP contribution in [0, 0.1) is 11.3 Å². The predicted octanol–water partition coefficient (Wildman–Crippen LogP) is 4.79. The summed E-state index contributed by atoms with van der Waals surface area (Å²) in [6.45, 7) is 6.93. The van der Waals surface area contributed by atoms with Gasteiger partial charge < -0.3 is 10.1 Å². The van der Waals surface area contributed by atoms with Gasteiger partial charge in [-0.15, -0.1) is 0 Å². The van der Waals surface area contributed by atoms with Crippen LogP contribution in [0.4, 0.5) is 0 Å². The van der Waals surface area contributed by atoms with Gasteiger partial charge in [0.05, 0.1) is 11.6 Å². The van der Waals surface area contributed by atoms with E-state index < -0.39 is 0 Å². The van der Waals surface area contributed by atoms with Crippen molar-refractivity contribution in [2.24, 2.45) is 11.3 Å². The molecule has 1 amide bonds. The van der Waals surface area contributed by atoms with Crippen molar-refractivity contribution in [3.05, 3.63) is 28.2 Å². The highest BCUT2D eigenvalue weighted by Crippen LogP contribution is 2.37. The Bertz CT molecular complexity index is 528. The van der Waals surface area contributed by atoms with Crippen LogP contribution in [-0.2, 0) is 0 Å². The summed E-state index contributed by atoms with van der Waals surface area (Å²) in [5, 5.41) is 3.17. The van der Waals surface area contributed by atoms with Gasteiger partial charge in [0.2, 0.25) is 0 Å². The average molecular weight is 368 g/mol. The van der Waals surface area contributed by atoms with Crippen molar-refractivity contribution in [2.45, 2.75) is 52.5 Å². The Morgan fingerprint density at radius 3 is 2.36 bits per heavy atom. The Hall–Kier alpha value is -1.03. The van der Waals surface area contributed by atoms with Gasteiger partial charge in [0.25, 0.3) is 5.91 Å². The summed E-state index contributed by atoms with van der Waals surface area (Å²) in [5.74, 6) is 1.50. The lowest BCUT2D eigenvalue weighted by Gasteiger charge is -2.37. The summed E-state index contributed by atoms with van der Waals surface area (Å²) in [6.07, 6.45) is 4.54. The highest BCUT2D eigenvalue weighted by atomic mass is 79.9. The summed E-state index contributed by atoms with van der Waals surface area (Å²) in [7, 11) is 1.62. The number of benzene rings is 1. The Balaban J connectivity index is 1.92. The molecule has 2 rings (SSSR count). The monoisotopic (exact) mass is 367 g/mol. The molecule has 0 heterocycles. The number of carbonyl (C=O) groups is 1. The molecule has 0 aromatic heterocycles. The smallest absolute Gasteiger partial charge is 0.251 e. The summed E-state index contributed by atoms with van der Waals surface area (Å²) < 4.78 is 6.00. The maximum absolute atomic E-state index is 12.4. The first kappa shape index (κ1) is 17.3. The largest absolute Gasteiger partial charge is 0.496 e. The lowest BCUT2D eigenvalue weighted by Crippen LogP contribution is -2.39. The molecule has 0 unspecified atom stereocenters. The molecule has 4 heteroatoms. The van der Waals surface area contributed by atoms with Crippen LogP contribution in [0.3, 0.4) is 0 Å². The molecular weight excluding hydrogens is 342 g/mol. The molecule has 1 fully saturated rings. The third kappa shape index (κ3) is 4.25. The van der Waals surface area contributed by atoms with Gasteiger partial charge in [0, 0.05) is 11.6 Å². The molecule has 3 nitrogen and oxygen atoms in total. The fourth-order valence-electron chi connectivity index (χ4n) is 3.18. The highest BCUT2D eigenvalue weighted by molar-refractivity contribution is 9.10. The molecule has 1 aromatic carbocycles. The molecule has 0 saturated heterocycles. The Morgan fingerprint density at radius 1 is 1.23 bits per heavy atom. The lowest BCUT2D eigenvalue weighted by molar-refractivity contribution is 0.0904. The van der Waals surface area contributed by atoms with E-state index in [9.17, 15) is 4.79 Å². The van der Waals surface area contributed by atoms with Crippen LogP contribution in [0.5, 0.6) is 5.75 Å². The van der Waals surface area contributed by atoms with Crippen LogP contribution >= 0.6 is 15.9 Å². The van der Waals surface area contributed by atoms with Crippen LogP contribution in [-0.4, -0.2) is 19.1 Å². The first-order chi connectivity index (χ1) is 10.3. The molecule has 0 atom stereocenters. The van der Waals surface area contributed by atoms with Gasteiger partial charge >= 0.3 is 0 Å². The second-order valence-corrected chi connectivity index (χ2v) is 8.09. The van der Waals surface area contributed by atoms with E-state index in [0.29, 0.717) is 17.0 Å². The summed E-state index contributed by atoms with van der Waals surface area (Å²) >= 11 is 3.43. The first-order valence-corrected chi connectivity index (χ1v) is 8.75. The van der Waals surface area contributed by atoms with E-state index in [1.54, 1.807) is 13.2 Å². The lowest BCUT2D eigenvalue weighted by atomic mass is 9.71. The number of halogens is 1. The van der Waals surface area contributed by atoms with Crippen molar-refractivity contribution in [2.75, 3.05) is 7.11 Å². The summed E-state index contributed by atoms with van der Waals surface area (Å²) in [5.41, 5.74) is 1.04. The van der Waals surface area contributed by atoms with E-state index in [-0.39, 0.29) is 5.91 Å². The van der Waals surface area contributed by atoms with E-state index in [2.05, 4.69) is 42.0 Å². The molecule has 1 aliphatic rings. The zero-order chi connectivity index (χ0) is 16.3. The van der Waals surface area contributed by atoms with Gasteiger partial charge in [-0.05, 0) is 71.1 Å².